The zero-order chi connectivity index (χ0) is 11.4. The summed E-state index contributed by atoms with van der Waals surface area (Å²) in [6, 6.07) is 0.0973. The fourth-order valence-electron chi connectivity index (χ4n) is 1.90. The number of rotatable bonds is 5. The van der Waals surface area contributed by atoms with Gasteiger partial charge in [0.2, 0.25) is 0 Å². The molecule has 1 heterocycles. The van der Waals surface area contributed by atoms with Crippen LogP contribution in [0.5, 0.6) is 0 Å². The van der Waals surface area contributed by atoms with E-state index in [1.807, 2.05) is 24.9 Å². The molecule has 3 N–H and O–H groups in total. The van der Waals surface area contributed by atoms with Crippen LogP contribution in [-0.4, -0.2) is 27.5 Å². The molecule has 86 valence electrons. The molecular formula is C11H21N3O. The first-order valence-corrected chi connectivity index (χ1v) is 5.46. The van der Waals surface area contributed by atoms with Crippen molar-refractivity contribution in [3.8, 4) is 0 Å². The van der Waals surface area contributed by atoms with E-state index in [9.17, 15) is 0 Å². The number of nitrogens with two attached hydrogens (primary N) is 1. The molecule has 1 aromatic heterocycles. The van der Waals surface area contributed by atoms with Gasteiger partial charge in [0.05, 0.1) is 6.20 Å². The summed E-state index contributed by atoms with van der Waals surface area (Å²) in [5.41, 5.74) is 8.37. The van der Waals surface area contributed by atoms with E-state index in [1.54, 1.807) is 0 Å². The molecule has 0 aliphatic carbocycles. The van der Waals surface area contributed by atoms with Crippen molar-refractivity contribution in [2.45, 2.75) is 38.6 Å². The first-order chi connectivity index (χ1) is 7.11. The Bertz CT molecular complexity index is 309. The minimum Gasteiger partial charge on any atom is -0.396 e. The predicted octanol–water partition coefficient (Wildman–Crippen LogP) is 0.932. The molecule has 0 amide bonds. The third-order valence-corrected chi connectivity index (χ3v) is 3.10. The summed E-state index contributed by atoms with van der Waals surface area (Å²) in [7, 11) is 1.92. The molecule has 2 atom stereocenters. The van der Waals surface area contributed by atoms with Crippen molar-refractivity contribution in [2.24, 2.45) is 12.8 Å². The van der Waals surface area contributed by atoms with E-state index in [2.05, 4.69) is 12.0 Å². The Labute approximate surface area is 91.1 Å². The maximum Gasteiger partial charge on any atom is 0.0527 e. The van der Waals surface area contributed by atoms with Crippen molar-refractivity contribution >= 4 is 0 Å². The van der Waals surface area contributed by atoms with Gasteiger partial charge >= 0.3 is 0 Å². The highest BCUT2D eigenvalue weighted by atomic mass is 16.3. The van der Waals surface area contributed by atoms with Gasteiger partial charge in [-0.25, -0.2) is 0 Å². The maximum atomic E-state index is 9.06. The first-order valence-electron chi connectivity index (χ1n) is 5.46. The van der Waals surface area contributed by atoms with E-state index in [4.69, 9.17) is 10.8 Å². The molecule has 0 saturated heterocycles. The van der Waals surface area contributed by atoms with Crippen LogP contribution in [0, 0.1) is 6.92 Å². The van der Waals surface area contributed by atoms with Gasteiger partial charge in [0.15, 0.2) is 0 Å². The van der Waals surface area contributed by atoms with Crippen LogP contribution in [0.25, 0.3) is 0 Å². The third kappa shape index (κ3) is 2.58. The summed E-state index contributed by atoms with van der Waals surface area (Å²) in [4.78, 5) is 0. The number of aryl methyl sites for hydroxylation is 1. The van der Waals surface area contributed by atoms with Gasteiger partial charge in [-0.05, 0) is 25.3 Å². The Morgan fingerprint density at radius 3 is 2.67 bits per heavy atom. The Hall–Kier alpha value is -0.870. The van der Waals surface area contributed by atoms with Gasteiger partial charge in [0.25, 0.3) is 0 Å². The Morgan fingerprint density at radius 2 is 2.27 bits per heavy atom. The van der Waals surface area contributed by atoms with Crippen molar-refractivity contribution in [2.75, 3.05) is 6.61 Å². The Balaban J connectivity index is 2.93. The molecule has 15 heavy (non-hydrogen) atoms. The van der Waals surface area contributed by atoms with E-state index in [0.717, 1.165) is 12.1 Å². The van der Waals surface area contributed by atoms with Gasteiger partial charge in [-0.2, -0.15) is 5.10 Å². The number of nitrogens with zero attached hydrogens (tertiary/aromatic N) is 2. The normalized spacial score (nSPS) is 15.3. The minimum atomic E-state index is 0.0973. The number of aliphatic hydroxyl groups is 1. The summed E-state index contributed by atoms with van der Waals surface area (Å²) >= 11 is 0. The van der Waals surface area contributed by atoms with E-state index >= 15 is 0 Å². The molecule has 0 aliphatic heterocycles. The van der Waals surface area contributed by atoms with Crippen LogP contribution in [0.2, 0.25) is 0 Å². The monoisotopic (exact) mass is 211 g/mol. The average molecular weight is 211 g/mol. The van der Waals surface area contributed by atoms with Gasteiger partial charge in [-0.1, -0.05) is 6.92 Å². The highest BCUT2D eigenvalue weighted by Crippen LogP contribution is 2.26. The third-order valence-electron chi connectivity index (χ3n) is 3.10. The second-order valence-corrected chi connectivity index (χ2v) is 4.00. The second-order valence-electron chi connectivity index (χ2n) is 4.00. The highest BCUT2D eigenvalue weighted by molar-refractivity contribution is 5.22. The summed E-state index contributed by atoms with van der Waals surface area (Å²) in [6.07, 6.45) is 3.49. The molecule has 0 aliphatic rings. The molecule has 4 nitrogen and oxygen atoms in total. The SMILES string of the molecule is CCC(N)C(CCO)c1cnn(C)c1C. The van der Waals surface area contributed by atoms with Crippen LogP contribution in [0.3, 0.4) is 0 Å². The number of hydrogen-bond donors (Lipinski definition) is 2. The first kappa shape index (κ1) is 12.2. The maximum absolute atomic E-state index is 9.06. The lowest BCUT2D eigenvalue weighted by atomic mass is 9.88. The standard InChI is InChI=1S/C11H21N3O/c1-4-11(12)9(5-6-15)10-7-13-14(3)8(10)2/h7,9,11,15H,4-6,12H2,1-3H3. The molecule has 0 saturated carbocycles. The highest BCUT2D eigenvalue weighted by Gasteiger charge is 2.21. The zero-order valence-corrected chi connectivity index (χ0v) is 9.77. The summed E-state index contributed by atoms with van der Waals surface area (Å²) in [6.45, 7) is 4.28. The Kier molecular flexibility index (Phi) is 4.29. The van der Waals surface area contributed by atoms with Crippen molar-refractivity contribution in [3.05, 3.63) is 17.5 Å². The zero-order valence-electron chi connectivity index (χ0n) is 9.77. The molecule has 0 fully saturated rings. The number of hydrogen-bond acceptors (Lipinski definition) is 3. The fourth-order valence-corrected chi connectivity index (χ4v) is 1.90. The van der Waals surface area contributed by atoms with Gasteiger partial charge in [-0.15, -0.1) is 0 Å². The van der Waals surface area contributed by atoms with Gasteiger partial charge in [-0.3, -0.25) is 4.68 Å². The topological polar surface area (TPSA) is 64.1 Å². The second kappa shape index (κ2) is 5.28. The van der Waals surface area contributed by atoms with Crippen LogP contribution in [0.1, 0.15) is 36.9 Å². The number of aliphatic hydroxyl groups excluding tert-OH is 1. The van der Waals surface area contributed by atoms with Crippen LogP contribution >= 0.6 is 0 Å². The number of aromatic nitrogens is 2. The average Bonchev–Trinajstić information content (AvgIpc) is 2.56. The molecule has 0 bridgehead atoms. The smallest absolute Gasteiger partial charge is 0.0527 e. The molecule has 0 spiro atoms. The minimum absolute atomic E-state index is 0.0973. The lowest BCUT2D eigenvalue weighted by molar-refractivity contribution is 0.266. The van der Waals surface area contributed by atoms with E-state index in [-0.39, 0.29) is 18.6 Å². The molecule has 2 unspecified atom stereocenters. The molecule has 0 aromatic carbocycles. The quantitative estimate of drug-likeness (QED) is 0.761. The largest absolute Gasteiger partial charge is 0.396 e. The van der Waals surface area contributed by atoms with Gasteiger partial charge < -0.3 is 10.8 Å². The Morgan fingerprint density at radius 1 is 1.60 bits per heavy atom. The van der Waals surface area contributed by atoms with E-state index < -0.39 is 0 Å². The van der Waals surface area contributed by atoms with E-state index in [1.165, 1.54) is 5.56 Å². The lowest BCUT2D eigenvalue weighted by Gasteiger charge is -2.21. The van der Waals surface area contributed by atoms with Crippen molar-refractivity contribution in [1.82, 2.24) is 9.78 Å². The van der Waals surface area contributed by atoms with Crippen LogP contribution < -0.4 is 5.73 Å². The van der Waals surface area contributed by atoms with Crippen LogP contribution in [-0.2, 0) is 7.05 Å². The molecular weight excluding hydrogens is 190 g/mol. The van der Waals surface area contributed by atoms with Crippen molar-refractivity contribution in [3.63, 3.8) is 0 Å². The molecule has 4 heteroatoms. The molecule has 1 aromatic rings. The molecule has 1 rings (SSSR count). The predicted molar refractivity (Wildman–Crippen MR) is 60.7 cm³/mol. The molecule has 0 radical (unpaired) electrons. The fraction of sp³-hybridized carbons (Fsp3) is 0.727. The van der Waals surface area contributed by atoms with E-state index in [0.29, 0.717) is 6.42 Å². The lowest BCUT2D eigenvalue weighted by Crippen LogP contribution is -2.28. The van der Waals surface area contributed by atoms with Crippen LogP contribution in [0.4, 0.5) is 0 Å². The van der Waals surface area contributed by atoms with Crippen LogP contribution in [0.15, 0.2) is 6.20 Å². The summed E-state index contributed by atoms with van der Waals surface area (Å²) in [5.74, 6) is 0.216. The van der Waals surface area contributed by atoms with Gasteiger partial charge in [0.1, 0.15) is 0 Å². The van der Waals surface area contributed by atoms with Gasteiger partial charge in [0, 0.05) is 31.3 Å². The van der Waals surface area contributed by atoms with Crippen molar-refractivity contribution < 1.29 is 5.11 Å². The summed E-state index contributed by atoms with van der Waals surface area (Å²) < 4.78 is 1.85. The van der Waals surface area contributed by atoms with Crippen molar-refractivity contribution in [1.29, 1.82) is 0 Å². The summed E-state index contributed by atoms with van der Waals surface area (Å²) in [5, 5.41) is 13.3.